The molecule has 2 aromatic heterocycles. The SMILES string of the molecule is Cc1ccc(C(c2ccc3c(nnn3C)c2C)C(C)(C)C)cc1Cn1ccnc1CN1CCC(C)CC1. The van der Waals surface area contributed by atoms with Gasteiger partial charge in [-0.1, -0.05) is 57.2 Å². The van der Waals surface area contributed by atoms with Crippen LogP contribution in [0.3, 0.4) is 0 Å². The van der Waals surface area contributed by atoms with Crippen LogP contribution >= 0.6 is 0 Å². The third-order valence-electron chi connectivity index (χ3n) is 8.35. The molecular weight excluding hydrogens is 456 g/mol. The minimum Gasteiger partial charge on any atom is -0.329 e. The number of hydrogen-bond donors (Lipinski definition) is 0. The zero-order valence-electron chi connectivity index (χ0n) is 23.6. The van der Waals surface area contributed by atoms with Crippen molar-refractivity contribution >= 4 is 11.0 Å². The molecule has 1 saturated heterocycles. The Hall–Kier alpha value is -2.99. The number of aryl methyl sites for hydroxylation is 3. The maximum absolute atomic E-state index is 4.75. The summed E-state index contributed by atoms with van der Waals surface area (Å²) in [6, 6.07) is 11.5. The highest BCUT2D eigenvalue weighted by Gasteiger charge is 2.30. The van der Waals surface area contributed by atoms with Gasteiger partial charge < -0.3 is 4.57 Å². The third kappa shape index (κ3) is 5.22. The Labute approximate surface area is 221 Å². The van der Waals surface area contributed by atoms with Crippen LogP contribution in [0.1, 0.15) is 80.1 Å². The van der Waals surface area contributed by atoms with Crippen LogP contribution in [0.25, 0.3) is 11.0 Å². The molecule has 3 heterocycles. The summed E-state index contributed by atoms with van der Waals surface area (Å²) in [7, 11) is 1.96. The molecule has 1 unspecified atom stereocenters. The molecule has 1 aliphatic rings. The lowest BCUT2D eigenvalue weighted by Gasteiger charge is -2.33. The Balaban J connectivity index is 1.47. The molecule has 1 atom stereocenters. The van der Waals surface area contributed by atoms with E-state index in [1.54, 1.807) is 0 Å². The van der Waals surface area contributed by atoms with E-state index in [0.717, 1.165) is 35.9 Å². The molecule has 0 bridgehead atoms. The number of aromatic nitrogens is 5. The van der Waals surface area contributed by atoms with Gasteiger partial charge in [0, 0.05) is 31.9 Å². The van der Waals surface area contributed by atoms with E-state index in [4.69, 9.17) is 4.98 Å². The van der Waals surface area contributed by atoms with Crippen molar-refractivity contribution in [3.05, 3.63) is 76.4 Å². The lowest BCUT2D eigenvalue weighted by Crippen LogP contribution is -2.33. The van der Waals surface area contributed by atoms with Gasteiger partial charge in [0.05, 0.1) is 12.1 Å². The molecule has 0 aliphatic carbocycles. The summed E-state index contributed by atoms with van der Waals surface area (Å²) >= 11 is 0. The Kier molecular flexibility index (Phi) is 6.97. The van der Waals surface area contributed by atoms with Gasteiger partial charge in [0.1, 0.15) is 11.3 Å². The van der Waals surface area contributed by atoms with E-state index in [2.05, 4.69) is 97.9 Å². The van der Waals surface area contributed by atoms with Gasteiger partial charge >= 0.3 is 0 Å². The van der Waals surface area contributed by atoms with E-state index in [1.807, 2.05) is 17.9 Å². The summed E-state index contributed by atoms with van der Waals surface area (Å²) in [5, 5.41) is 8.75. The maximum Gasteiger partial charge on any atom is 0.123 e. The largest absolute Gasteiger partial charge is 0.329 e. The Morgan fingerprint density at radius 1 is 1.03 bits per heavy atom. The normalized spacial score (nSPS) is 16.5. The second-order valence-electron chi connectivity index (χ2n) is 12.3. The van der Waals surface area contributed by atoms with Crippen LogP contribution in [0.5, 0.6) is 0 Å². The zero-order valence-corrected chi connectivity index (χ0v) is 23.6. The smallest absolute Gasteiger partial charge is 0.123 e. The van der Waals surface area contributed by atoms with Crippen molar-refractivity contribution < 1.29 is 0 Å². The van der Waals surface area contributed by atoms with Crippen LogP contribution in [0.15, 0.2) is 42.7 Å². The van der Waals surface area contributed by atoms with Gasteiger partial charge in [0.25, 0.3) is 0 Å². The van der Waals surface area contributed by atoms with Gasteiger partial charge in [-0.3, -0.25) is 4.90 Å². The van der Waals surface area contributed by atoms with Crippen molar-refractivity contribution in [2.24, 2.45) is 18.4 Å². The first-order chi connectivity index (χ1) is 17.6. The summed E-state index contributed by atoms with van der Waals surface area (Å²) in [5.74, 6) is 2.25. The minimum atomic E-state index is 0.0404. The first kappa shape index (κ1) is 25.7. The van der Waals surface area contributed by atoms with Crippen LogP contribution < -0.4 is 0 Å². The molecule has 5 rings (SSSR count). The molecular formula is C31H42N6. The van der Waals surface area contributed by atoms with Crippen molar-refractivity contribution in [1.82, 2.24) is 29.4 Å². The van der Waals surface area contributed by atoms with E-state index in [9.17, 15) is 0 Å². The first-order valence-corrected chi connectivity index (χ1v) is 13.7. The number of nitrogens with zero attached hydrogens (tertiary/aromatic N) is 6. The lowest BCUT2D eigenvalue weighted by molar-refractivity contribution is 0.179. The summed E-state index contributed by atoms with van der Waals surface area (Å²) in [6.45, 7) is 17.9. The second-order valence-corrected chi connectivity index (χ2v) is 12.3. The van der Waals surface area contributed by atoms with E-state index < -0.39 is 0 Å². The van der Waals surface area contributed by atoms with E-state index >= 15 is 0 Å². The van der Waals surface area contributed by atoms with Crippen LogP contribution in [-0.4, -0.2) is 42.5 Å². The molecule has 1 aliphatic heterocycles. The number of hydrogen-bond acceptors (Lipinski definition) is 4. The van der Waals surface area contributed by atoms with Gasteiger partial charge in [0.15, 0.2) is 0 Å². The average Bonchev–Trinajstić information content (AvgIpc) is 3.45. The molecule has 0 amide bonds. The Morgan fingerprint density at radius 2 is 1.78 bits per heavy atom. The number of benzene rings is 2. The quantitative estimate of drug-likeness (QED) is 0.316. The van der Waals surface area contributed by atoms with Gasteiger partial charge in [-0.05, 0) is 85.0 Å². The number of likely N-dealkylation sites (tertiary alicyclic amines) is 1. The zero-order chi connectivity index (χ0) is 26.3. The molecule has 0 radical (unpaired) electrons. The summed E-state index contributed by atoms with van der Waals surface area (Å²) in [5.41, 5.74) is 8.70. The summed E-state index contributed by atoms with van der Waals surface area (Å²) < 4.78 is 4.20. The van der Waals surface area contributed by atoms with Crippen molar-refractivity contribution in [2.75, 3.05) is 13.1 Å². The fourth-order valence-electron chi connectivity index (χ4n) is 5.99. The Morgan fingerprint density at radius 3 is 2.51 bits per heavy atom. The molecule has 2 aromatic carbocycles. The fraction of sp³-hybridized carbons (Fsp3) is 0.516. The molecule has 0 saturated carbocycles. The van der Waals surface area contributed by atoms with Crippen molar-refractivity contribution in [1.29, 1.82) is 0 Å². The Bertz CT molecular complexity index is 1380. The van der Waals surface area contributed by atoms with E-state index in [-0.39, 0.29) is 11.3 Å². The number of piperidine rings is 1. The van der Waals surface area contributed by atoms with Gasteiger partial charge in [-0.25, -0.2) is 9.67 Å². The fourth-order valence-corrected chi connectivity index (χ4v) is 5.99. The predicted octanol–water partition coefficient (Wildman–Crippen LogP) is 6.24. The predicted molar refractivity (Wildman–Crippen MR) is 151 cm³/mol. The monoisotopic (exact) mass is 498 g/mol. The number of imidazole rings is 1. The van der Waals surface area contributed by atoms with Crippen molar-refractivity contribution in [3.63, 3.8) is 0 Å². The van der Waals surface area contributed by atoms with E-state index in [1.165, 1.54) is 53.7 Å². The average molecular weight is 499 g/mol. The number of rotatable bonds is 6. The molecule has 1 fully saturated rings. The lowest BCUT2D eigenvalue weighted by atomic mass is 9.71. The molecule has 6 nitrogen and oxygen atoms in total. The standard InChI is InChI=1S/C31H42N6/c1-21-12-15-36(16-13-21)20-28-32-14-17-37(28)19-25-18-24(9-8-22(25)2)29(31(4,5)6)26-10-11-27-30(23(26)3)33-34-35(27)7/h8-11,14,17-18,21,29H,12-13,15-16,19-20H2,1-7H3. The maximum atomic E-state index is 4.75. The first-order valence-electron chi connectivity index (χ1n) is 13.7. The van der Waals surface area contributed by atoms with Crippen LogP contribution in [0.4, 0.5) is 0 Å². The van der Waals surface area contributed by atoms with Crippen LogP contribution in [-0.2, 0) is 20.1 Å². The molecule has 6 heteroatoms. The number of fused-ring (bicyclic) bond motifs is 1. The van der Waals surface area contributed by atoms with Gasteiger partial charge in [-0.15, -0.1) is 5.10 Å². The van der Waals surface area contributed by atoms with Crippen molar-refractivity contribution in [3.8, 4) is 0 Å². The van der Waals surface area contributed by atoms with E-state index in [0.29, 0.717) is 0 Å². The van der Waals surface area contributed by atoms with Gasteiger partial charge in [0.2, 0.25) is 0 Å². The van der Waals surface area contributed by atoms with Gasteiger partial charge in [-0.2, -0.15) is 0 Å². The van der Waals surface area contributed by atoms with Crippen LogP contribution in [0, 0.1) is 25.2 Å². The topological polar surface area (TPSA) is 51.8 Å². The molecule has 0 N–H and O–H groups in total. The van der Waals surface area contributed by atoms with Crippen LogP contribution in [0.2, 0.25) is 0 Å². The second kappa shape index (κ2) is 10.1. The summed E-state index contributed by atoms with van der Waals surface area (Å²) in [6.07, 6.45) is 6.67. The molecule has 0 spiro atoms. The molecule has 37 heavy (non-hydrogen) atoms. The highest BCUT2D eigenvalue weighted by atomic mass is 15.4. The minimum absolute atomic E-state index is 0.0404. The third-order valence-corrected chi connectivity index (χ3v) is 8.35. The molecule has 4 aromatic rings. The summed E-state index contributed by atoms with van der Waals surface area (Å²) in [4.78, 5) is 7.31. The molecule has 196 valence electrons. The van der Waals surface area contributed by atoms with Crippen molar-refractivity contribution in [2.45, 2.75) is 73.4 Å². The highest BCUT2D eigenvalue weighted by Crippen LogP contribution is 2.43. The highest BCUT2D eigenvalue weighted by molar-refractivity contribution is 5.79.